The van der Waals surface area contributed by atoms with Gasteiger partial charge in [-0.2, -0.15) is 10.2 Å². The highest BCUT2D eigenvalue weighted by atomic mass is 16.5. The molecule has 0 unspecified atom stereocenters. The molecule has 2 N–H and O–H groups in total. The fraction of sp³-hybridized carbons (Fsp3) is 0.346. The fourth-order valence-corrected chi connectivity index (χ4v) is 4.36. The summed E-state index contributed by atoms with van der Waals surface area (Å²) in [5.41, 5.74) is 2.51. The van der Waals surface area contributed by atoms with Gasteiger partial charge in [-0.05, 0) is 25.0 Å². The second-order valence-corrected chi connectivity index (χ2v) is 8.93. The van der Waals surface area contributed by atoms with Crippen LogP contribution in [0.15, 0.2) is 49.1 Å². The molecule has 5 rings (SSSR count). The number of methoxy groups -OCH3 is 2. The van der Waals surface area contributed by atoms with Gasteiger partial charge in [0.1, 0.15) is 12.1 Å². The highest BCUT2D eigenvalue weighted by Crippen LogP contribution is 2.38. The molecule has 11 nitrogen and oxygen atoms in total. The van der Waals surface area contributed by atoms with E-state index in [9.17, 15) is 4.79 Å². The first-order valence-corrected chi connectivity index (χ1v) is 12.2. The summed E-state index contributed by atoms with van der Waals surface area (Å²) in [4.78, 5) is 21.6. The Labute approximate surface area is 214 Å². The second-order valence-electron chi connectivity index (χ2n) is 8.93. The van der Waals surface area contributed by atoms with Gasteiger partial charge in [-0.15, -0.1) is 0 Å². The van der Waals surface area contributed by atoms with Gasteiger partial charge in [-0.3, -0.25) is 14.2 Å². The SMILES string of the molecule is CCC(=O)c1cnc(Nc2ccn([C@H]3C[C@@H](OC)C3)n2)cc1Nc1cccc(-c2ncn(C)n2)c1OC. The molecule has 37 heavy (non-hydrogen) atoms. The average Bonchev–Trinajstić information content (AvgIpc) is 3.52. The lowest BCUT2D eigenvalue weighted by Crippen LogP contribution is -2.32. The molecule has 192 valence electrons. The van der Waals surface area contributed by atoms with Crippen LogP contribution < -0.4 is 15.4 Å². The zero-order chi connectivity index (χ0) is 25.9. The number of ether oxygens (including phenoxy) is 2. The zero-order valence-corrected chi connectivity index (χ0v) is 21.3. The summed E-state index contributed by atoms with van der Waals surface area (Å²) in [6.07, 6.45) is 7.73. The summed E-state index contributed by atoms with van der Waals surface area (Å²) >= 11 is 0. The maximum absolute atomic E-state index is 12.7. The van der Waals surface area contributed by atoms with Gasteiger partial charge in [0.25, 0.3) is 0 Å². The Hall–Kier alpha value is -4.25. The number of carbonyl (C=O) groups is 1. The van der Waals surface area contributed by atoms with Crippen LogP contribution >= 0.6 is 0 Å². The Kier molecular flexibility index (Phi) is 6.87. The highest BCUT2D eigenvalue weighted by molar-refractivity contribution is 6.02. The predicted molar refractivity (Wildman–Crippen MR) is 140 cm³/mol. The summed E-state index contributed by atoms with van der Waals surface area (Å²) < 4.78 is 14.7. The van der Waals surface area contributed by atoms with E-state index in [1.54, 1.807) is 37.5 Å². The molecule has 0 radical (unpaired) electrons. The third-order valence-electron chi connectivity index (χ3n) is 6.50. The van der Waals surface area contributed by atoms with Crippen molar-refractivity contribution in [2.45, 2.75) is 38.3 Å². The van der Waals surface area contributed by atoms with E-state index in [-0.39, 0.29) is 5.78 Å². The highest BCUT2D eigenvalue weighted by Gasteiger charge is 2.31. The first-order chi connectivity index (χ1) is 18.0. The molecule has 3 heterocycles. The van der Waals surface area contributed by atoms with Crippen LogP contribution in [0.25, 0.3) is 11.4 Å². The van der Waals surface area contributed by atoms with Crippen LogP contribution in [0.3, 0.4) is 0 Å². The normalized spacial score (nSPS) is 16.8. The quantitative estimate of drug-likeness (QED) is 0.302. The number of hydrogen-bond acceptors (Lipinski definition) is 9. The summed E-state index contributed by atoms with van der Waals surface area (Å²) in [6, 6.07) is 9.71. The summed E-state index contributed by atoms with van der Waals surface area (Å²) in [6.45, 7) is 1.83. The number of nitrogens with zero attached hydrogens (tertiary/aromatic N) is 6. The molecule has 0 saturated heterocycles. The van der Waals surface area contributed by atoms with Crippen molar-refractivity contribution < 1.29 is 14.3 Å². The standard InChI is InChI=1S/C26H30N8O3/c1-5-22(35)19-14-27-24(30-23-9-10-34(31-23)16-11-17(12-16)36-3)13-21(19)29-20-8-6-7-18(25(20)37-4)26-28-15-33(2)32-26/h6-10,13-17H,5,11-12H2,1-4H3,(H2,27,29,30,31)/t16-,17+. The molecule has 0 bridgehead atoms. The monoisotopic (exact) mass is 502 g/mol. The third-order valence-corrected chi connectivity index (χ3v) is 6.50. The van der Waals surface area contributed by atoms with E-state index in [4.69, 9.17) is 9.47 Å². The van der Waals surface area contributed by atoms with Crippen molar-refractivity contribution in [3.05, 3.63) is 54.6 Å². The van der Waals surface area contributed by atoms with E-state index < -0.39 is 0 Å². The van der Waals surface area contributed by atoms with Crippen molar-refractivity contribution in [2.75, 3.05) is 24.9 Å². The number of ketones is 1. The number of Topliss-reactive ketones (excluding diaryl/α,β-unsaturated/α-hetero) is 1. The van der Waals surface area contributed by atoms with Gasteiger partial charge in [-0.1, -0.05) is 13.0 Å². The number of aryl methyl sites for hydroxylation is 1. The van der Waals surface area contributed by atoms with Crippen LogP contribution in [0.4, 0.5) is 23.0 Å². The van der Waals surface area contributed by atoms with Gasteiger partial charge < -0.3 is 20.1 Å². The molecule has 0 atom stereocenters. The minimum absolute atomic E-state index is 0.0231. The number of aromatic nitrogens is 6. The first-order valence-electron chi connectivity index (χ1n) is 12.2. The minimum atomic E-state index is -0.0231. The summed E-state index contributed by atoms with van der Waals surface area (Å²) in [7, 11) is 5.14. The second kappa shape index (κ2) is 10.4. The Morgan fingerprint density at radius 1 is 1.08 bits per heavy atom. The third kappa shape index (κ3) is 5.03. The number of para-hydroxylation sites is 1. The van der Waals surface area contributed by atoms with E-state index in [0.717, 1.165) is 18.4 Å². The predicted octanol–water partition coefficient (Wildman–Crippen LogP) is 4.51. The number of anilines is 4. The molecule has 0 aliphatic heterocycles. The lowest BCUT2D eigenvalue weighted by atomic mass is 9.89. The maximum Gasteiger partial charge on any atom is 0.184 e. The number of benzene rings is 1. The Bertz CT molecular complexity index is 1410. The number of hydrogen-bond donors (Lipinski definition) is 2. The molecule has 0 amide bonds. The van der Waals surface area contributed by atoms with Crippen LogP contribution in [-0.4, -0.2) is 55.6 Å². The van der Waals surface area contributed by atoms with Gasteiger partial charge in [0.15, 0.2) is 23.2 Å². The summed E-state index contributed by atoms with van der Waals surface area (Å²) in [5.74, 6) is 2.33. The van der Waals surface area contributed by atoms with Crippen molar-refractivity contribution in [1.29, 1.82) is 0 Å². The largest absolute Gasteiger partial charge is 0.494 e. The van der Waals surface area contributed by atoms with E-state index in [1.165, 1.54) is 0 Å². The minimum Gasteiger partial charge on any atom is -0.494 e. The van der Waals surface area contributed by atoms with Crippen LogP contribution in [0, 0.1) is 0 Å². The van der Waals surface area contributed by atoms with Crippen LogP contribution in [0.2, 0.25) is 0 Å². The smallest absolute Gasteiger partial charge is 0.184 e. The van der Waals surface area contributed by atoms with Crippen molar-refractivity contribution in [2.24, 2.45) is 7.05 Å². The molecule has 1 aliphatic carbocycles. The molecular formula is C26H30N8O3. The molecule has 1 saturated carbocycles. The zero-order valence-electron chi connectivity index (χ0n) is 21.3. The van der Waals surface area contributed by atoms with E-state index >= 15 is 0 Å². The Morgan fingerprint density at radius 3 is 2.62 bits per heavy atom. The number of pyridine rings is 1. The van der Waals surface area contributed by atoms with Crippen LogP contribution in [-0.2, 0) is 11.8 Å². The van der Waals surface area contributed by atoms with Gasteiger partial charge >= 0.3 is 0 Å². The molecule has 1 aliphatic rings. The lowest BCUT2D eigenvalue weighted by Gasteiger charge is -2.34. The van der Waals surface area contributed by atoms with E-state index in [2.05, 4.69) is 30.8 Å². The maximum atomic E-state index is 12.7. The lowest BCUT2D eigenvalue weighted by molar-refractivity contribution is 0.00257. The Balaban J connectivity index is 1.43. The van der Waals surface area contributed by atoms with Crippen LogP contribution in [0.5, 0.6) is 5.75 Å². The van der Waals surface area contributed by atoms with Crippen molar-refractivity contribution in [3.63, 3.8) is 0 Å². The summed E-state index contributed by atoms with van der Waals surface area (Å²) in [5, 5.41) is 15.7. The average molecular weight is 503 g/mol. The van der Waals surface area contributed by atoms with Crippen molar-refractivity contribution >= 4 is 28.8 Å². The molecule has 3 aromatic heterocycles. The fourth-order valence-electron chi connectivity index (χ4n) is 4.36. The van der Waals surface area contributed by atoms with E-state index in [1.807, 2.05) is 49.1 Å². The molecule has 1 fully saturated rings. The molecule has 4 aromatic rings. The number of carbonyl (C=O) groups excluding carboxylic acids is 1. The van der Waals surface area contributed by atoms with Crippen molar-refractivity contribution in [3.8, 4) is 17.1 Å². The number of nitrogens with one attached hydrogen (secondary N) is 2. The van der Waals surface area contributed by atoms with Gasteiger partial charge in [0, 0.05) is 45.1 Å². The molecule has 0 spiro atoms. The first kappa shape index (κ1) is 24.4. The van der Waals surface area contributed by atoms with Gasteiger partial charge in [0.2, 0.25) is 0 Å². The molecule has 11 heteroatoms. The molecular weight excluding hydrogens is 472 g/mol. The topological polar surface area (TPSA) is 121 Å². The van der Waals surface area contributed by atoms with Gasteiger partial charge in [-0.25, -0.2) is 9.97 Å². The van der Waals surface area contributed by atoms with Gasteiger partial charge in [0.05, 0.1) is 41.8 Å². The van der Waals surface area contributed by atoms with Crippen LogP contribution in [0.1, 0.15) is 42.6 Å². The number of rotatable bonds is 10. The van der Waals surface area contributed by atoms with E-state index in [0.29, 0.717) is 58.7 Å². The molecule has 1 aromatic carbocycles. The van der Waals surface area contributed by atoms with Crippen molar-refractivity contribution in [1.82, 2.24) is 29.5 Å². The Morgan fingerprint density at radius 2 is 1.92 bits per heavy atom.